The zero-order valence-corrected chi connectivity index (χ0v) is 10.3. The Bertz CT molecular complexity index is 405. The number of rotatable bonds is 3. The SMILES string of the molecule is CN(C)CCN1C(=O)CNCc2ccncc21. The first-order valence-corrected chi connectivity index (χ1v) is 5.77. The molecule has 0 aromatic carbocycles. The Morgan fingerprint density at radius 3 is 3.06 bits per heavy atom. The standard InChI is InChI=1S/C12H18N4O/c1-15(2)5-6-16-11-8-13-4-3-10(11)7-14-9-12(16)17/h3-4,8,14H,5-7,9H2,1-2H3. The number of fused-ring (bicyclic) bond motifs is 1. The Morgan fingerprint density at radius 2 is 2.29 bits per heavy atom. The van der Waals surface area contributed by atoms with Crippen LogP contribution >= 0.6 is 0 Å². The number of carbonyl (C=O) groups is 1. The molecular weight excluding hydrogens is 216 g/mol. The first-order valence-electron chi connectivity index (χ1n) is 5.77. The van der Waals surface area contributed by atoms with Gasteiger partial charge in [0.05, 0.1) is 18.4 Å². The molecule has 0 fully saturated rings. The van der Waals surface area contributed by atoms with Crippen molar-refractivity contribution >= 4 is 11.6 Å². The highest BCUT2D eigenvalue weighted by atomic mass is 16.2. The molecule has 0 radical (unpaired) electrons. The van der Waals surface area contributed by atoms with Crippen LogP contribution in [0.25, 0.3) is 0 Å². The number of hydrogen-bond donors (Lipinski definition) is 1. The van der Waals surface area contributed by atoms with E-state index in [2.05, 4.69) is 15.2 Å². The third-order valence-corrected chi connectivity index (χ3v) is 2.84. The predicted molar refractivity (Wildman–Crippen MR) is 66.9 cm³/mol. The first-order chi connectivity index (χ1) is 8.18. The van der Waals surface area contributed by atoms with Gasteiger partial charge >= 0.3 is 0 Å². The van der Waals surface area contributed by atoms with Gasteiger partial charge in [0.25, 0.3) is 0 Å². The number of likely N-dealkylation sites (N-methyl/N-ethyl adjacent to an activating group) is 1. The summed E-state index contributed by atoms with van der Waals surface area (Å²) in [6.45, 7) is 2.66. The quantitative estimate of drug-likeness (QED) is 0.804. The summed E-state index contributed by atoms with van der Waals surface area (Å²) in [6.07, 6.45) is 3.54. The van der Waals surface area contributed by atoms with E-state index in [1.807, 2.05) is 25.1 Å². The summed E-state index contributed by atoms with van der Waals surface area (Å²) in [4.78, 5) is 20.0. The number of hydrogen-bond acceptors (Lipinski definition) is 4. The topological polar surface area (TPSA) is 48.5 Å². The molecule has 0 saturated heterocycles. The van der Waals surface area contributed by atoms with Crippen molar-refractivity contribution in [2.45, 2.75) is 6.54 Å². The molecule has 5 nitrogen and oxygen atoms in total. The molecule has 0 unspecified atom stereocenters. The van der Waals surface area contributed by atoms with Crippen molar-refractivity contribution in [3.05, 3.63) is 24.0 Å². The lowest BCUT2D eigenvalue weighted by molar-refractivity contribution is -0.117. The summed E-state index contributed by atoms with van der Waals surface area (Å²) in [6, 6.07) is 1.96. The number of anilines is 1. The van der Waals surface area contributed by atoms with E-state index in [4.69, 9.17) is 0 Å². The normalized spacial score (nSPS) is 15.9. The highest BCUT2D eigenvalue weighted by Gasteiger charge is 2.21. The number of carbonyl (C=O) groups excluding carboxylic acids is 1. The van der Waals surface area contributed by atoms with Crippen molar-refractivity contribution < 1.29 is 4.79 Å². The summed E-state index contributed by atoms with van der Waals surface area (Å²) in [5.74, 6) is 0.110. The molecule has 0 spiro atoms. The zero-order chi connectivity index (χ0) is 12.3. The maximum absolute atomic E-state index is 12.0. The van der Waals surface area contributed by atoms with Crippen LogP contribution in [0.4, 0.5) is 5.69 Å². The fourth-order valence-electron chi connectivity index (χ4n) is 1.89. The van der Waals surface area contributed by atoms with Crippen LogP contribution < -0.4 is 10.2 Å². The smallest absolute Gasteiger partial charge is 0.241 e. The van der Waals surface area contributed by atoms with Gasteiger partial charge in [-0.25, -0.2) is 0 Å². The van der Waals surface area contributed by atoms with Gasteiger partial charge in [-0.05, 0) is 25.7 Å². The molecule has 1 aliphatic heterocycles. The van der Waals surface area contributed by atoms with Crippen LogP contribution in [0.1, 0.15) is 5.56 Å². The third kappa shape index (κ3) is 2.81. The van der Waals surface area contributed by atoms with Crippen LogP contribution in [0.5, 0.6) is 0 Å². The molecular formula is C12H18N4O. The average Bonchev–Trinajstić information content (AvgIpc) is 2.45. The molecule has 0 saturated carbocycles. The van der Waals surface area contributed by atoms with Crippen molar-refractivity contribution in [3.8, 4) is 0 Å². The second-order valence-electron chi connectivity index (χ2n) is 4.46. The van der Waals surface area contributed by atoms with Crippen molar-refractivity contribution in [3.63, 3.8) is 0 Å². The lowest BCUT2D eigenvalue weighted by atomic mass is 10.2. The van der Waals surface area contributed by atoms with Gasteiger partial charge in [0, 0.05) is 25.8 Å². The minimum atomic E-state index is 0.110. The van der Waals surface area contributed by atoms with Gasteiger partial charge in [-0.3, -0.25) is 9.78 Å². The second kappa shape index (κ2) is 5.25. The molecule has 17 heavy (non-hydrogen) atoms. The highest BCUT2D eigenvalue weighted by molar-refractivity contribution is 5.96. The van der Waals surface area contributed by atoms with Crippen LogP contribution in [0, 0.1) is 0 Å². The largest absolute Gasteiger partial charge is 0.308 e. The molecule has 1 amide bonds. The molecule has 0 atom stereocenters. The van der Waals surface area contributed by atoms with Crippen molar-refractivity contribution in [1.82, 2.24) is 15.2 Å². The van der Waals surface area contributed by atoms with Crippen LogP contribution in [0.15, 0.2) is 18.5 Å². The molecule has 2 rings (SSSR count). The van der Waals surface area contributed by atoms with Gasteiger partial charge in [-0.15, -0.1) is 0 Å². The van der Waals surface area contributed by atoms with E-state index in [-0.39, 0.29) is 5.91 Å². The fourth-order valence-corrected chi connectivity index (χ4v) is 1.89. The van der Waals surface area contributed by atoms with Gasteiger partial charge in [0.2, 0.25) is 5.91 Å². The van der Waals surface area contributed by atoms with Crippen molar-refractivity contribution in [1.29, 1.82) is 0 Å². The van der Waals surface area contributed by atoms with Crippen molar-refractivity contribution in [2.75, 3.05) is 38.6 Å². The second-order valence-corrected chi connectivity index (χ2v) is 4.46. The molecule has 1 aromatic heterocycles. The number of amides is 1. The van der Waals surface area contributed by atoms with Crippen LogP contribution in [-0.4, -0.2) is 49.5 Å². The molecule has 2 heterocycles. The maximum atomic E-state index is 12.0. The van der Waals surface area contributed by atoms with E-state index in [9.17, 15) is 4.79 Å². The molecule has 5 heteroatoms. The van der Waals surface area contributed by atoms with Crippen molar-refractivity contribution in [2.24, 2.45) is 0 Å². The summed E-state index contributed by atoms with van der Waals surface area (Å²) >= 11 is 0. The summed E-state index contributed by atoms with van der Waals surface area (Å²) in [5.41, 5.74) is 2.06. The minimum absolute atomic E-state index is 0.110. The lowest BCUT2D eigenvalue weighted by Crippen LogP contribution is -2.39. The van der Waals surface area contributed by atoms with Crippen LogP contribution in [-0.2, 0) is 11.3 Å². The summed E-state index contributed by atoms with van der Waals surface area (Å²) < 4.78 is 0. The van der Waals surface area contributed by atoms with E-state index in [0.29, 0.717) is 13.1 Å². The fraction of sp³-hybridized carbons (Fsp3) is 0.500. The van der Waals surface area contributed by atoms with Gasteiger partial charge in [0.15, 0.2) is 0 Å². The molecule has 1 aliphatic rings. The van der Waals surface area contributed by atoms with E-state index in [0.717, 1.165) is 24.3 Å². The summed E-state index contributed by atoms with van der Waals surface area (Å²) in [5, 5.41) is 3.14. The Labute approximate surface area is 101 Å². The Hall–Kier alpha value is -1.46. The van der Waals surface area contributed by atoms with Gasteiger partial charge in [-0.1, -0.05) is 0 Å². The van der Waals surface area contributed by atoms with Crippen LogP contribution in [0.2, 0.25) is 0 Å². The number of nitrogens with one attached hydrogen (secondary N) is 1. The average molecular weight is 234 g/mol. The zero-order valence-electron chi connectivity index (χ0n) is 10.3. The van der Waals surface area contributed by atoms with E-state index in [1.54, 1.807) is 12.4 Å². The monoisotopic (exact) mass is 234 g/mol. The maximum Gasteiger partial charge on any atom is 0.241 e. The molecule has 0 aliphatic carbocycles. The first kappa shape index (κ1) is 12.0. The van der Waals surface area contributed by atoms with Gasteiger partial charge in [-0.2, -0.15) is 0 Å². The van der Waals surface area contributed by atoms with Crippen LogP contribution in [0.3, 0.4) is 0 Å². The molecule has 1 aromatic rings. The van der Waals surface area contributed by atoms with E-state index >= 15 is 0 Å². The molecule has 0 bridgehead atoms. The Kier molecular flexibility index (Phi) is 3.71. The number of nitrogens with zero attached hydrogens (tertiary/aromatic N) is 3. The molecule has 92 valence electrons. The molecule has 1 N–H and O–H groups in total. The van der Waals surface area contributed by atoms with E-state index < -0.39 is 0 Å². The number of aromatic nitrogens is 1. The Balaban J connectivity index is 2.24. The number of pyridine rings is 1. The minimum Gasteiger partial charge on any atom is -0.308 e. The Morgan fingerprint density at radius 1 is 1.47 bits per heavy atom. The highest BCUT2D eigenvalue weighted by Crippen LogP contribution is 2.20. The van der Waals surface area contributed by atoms with Gasteiger partial charge in [0.1, 0.15) is 0 Å². The summed E-state index contributed by atoms with van der Waals surface area (Å²) in [7, 11) is 4.01. The third-order valence-electron chi connectivity index (χ3n) is 2.84. The van der Waals surface area contributed by atoms with Gasteiger partial charge < -0.3 is 15.1 Å². The lowest BCUT2D eigenvalue weighted by Gasteiger charge is -2.23. The predicted octanol–water partition coefficient (Wildman–Crippen LogP) is 0.0794. The van der Waals surface area contributed by atoms with E-state index in [1.165, 1.54) is 0 Å².